The summed E-state index contributed by atoms with van der Waals surface area (Å²) in [6.07, 6.45) is 0.937. The first kappa shape index (κ1) is 17.7. The van der Waals surface area contributed by atoms with E-state index in [0.717, 1.165) is 6.42 Å². The molecule has 1 aromatic rings. The van der Waals surface area contributed by atoms with Gasteiger partial charge in [-0.05, 0) is 40.8 Å². The van der Waals surface area contributed by atoms with Crippen molar-refractivity contribution in [3.05, 3.63) is 28.2 Å². The normalized spacial score (nSPS) is 14.1. The minimum Gasteiger partial charge on any atom is -0.506 e. The van der Waals surface area contributed by atoms with Crippen molar-refractivity contribution in [2.45, 2.75) is 38.8 Å². The van der Waals surface area contributed by atoms with E-state index in [1.165, 1.54) is 0 Å². The van der Waals surface area contributed by atoms with E-state index in [9.17, 15) is 10.2 Å². The van der Waals surface area contributed by atoms with E-state index >= 15 is 0 Å². The molecule has 1 aromatic carbocycles. The van der Waals surface area contributed by atoms with Gasteiger partial charge in [-0.2, -0.15) is 0 Å². The number of phenols is 1. The van der Waals surface area contributed by atoms with Crippen LogP contribution in [0, 0.1) is 5.92 Å². The van der Waals surface area contributed by atoms with Crippen LogP contribution in [-0.4, -0.2) is 16.3 Å². The van der Waals surface area contributed by atoms with E-state index in [0.29, 0.717) is 22.4 Å². The number of benzene rings is 1. The van der Waals surface area contributed by atoms with Gasteiger partial charge in [0.25, 0.3) is 0 Å². The largest absolute Gasteiger partial charge is 0.506 e. The topological polar surface area (TPSA) is 66.5 Å². The molecule has 0 aliphatic rings. The molecule has 0 aliphatic carbocycles. The first-order valence-corrected chi connectivity index (χ1v) is 6.63. The molecule has 0 heterocycles. The first-order valence-electron chi connectivity index (χ1n) is 5.84. The van der Waals surface area contributed by atoms with Gasteiger partial charge >= 0.3 is 0 Å². The molecule has 1 rings (SSSR count). The summed E-state index contributed by atoms with van der Waals surface area (Å²) < 4.78 is 0.599. The highest BCUT2D eigenvalue weighted by Crippen LogP contribution is 2.32. The molecule has 0 fully saturated rings. The van der Waals surface area contributed by atoms with Gasteiger partial charge in [0.15, 0.2) is 0 Å². The highest BCUT2D eigenvalue weighted by atomic mass is 79.9. The summed E-state index contributed by atoms with van der Waals surface area (Å²) in [5.74, 6) is 0.650. The molecule has 0 bridgehead atoms. The van der Waals surface area contributed by atoms with Crippen LogP contribution >= 0.6 is 28.3 Å². The fourth-order valence-electron chi connectivity index (χ4n) is 1.69. The molecule has 0 aromatic heterocycles. The third-order valence-electron chi connectivity index (χ3n) is 2.83. The number of aliphatic hydroxyl groups is 1. The highest BCUT2D eigenvalue weighted by molar-refractivity contribution is 9.10. The van der Waals surface area contributed by atoms with Gasteiger partial charge in [-0.3, -0.25) is 0 Å². The Kier molecular flexibility index (Phi) is 7.87. The van der Waals surface area contributed by atoms with E-state index in [1.807, 2.05) is 0 Å². The molecule has 104 valence electrons. The Labute approximate surface area is 123 Å². The number of rotatable bonds is 5. The fourth-order valence-corrected chi connectivity index (χ4v) is 2.07. The van der Waals surface area contributed by atoms with Gasteiger partial charge in [-0.25, -0.2) is 0 Å². The molecule has 0 saturated carbocycles. The molecule has 0 unspecified atom stereocenters. The lowest BCUT2D eigenvalue weighted by atomic mass is 9.95. The summed E-state index contributed by atoms with van der Waals surface area (Å²) in [5, 5.41) is 19.8. The predicted octanol–water partition coefficient (Wildman–Crippen LogP) is 3.37. The van der Waals surface area contributed by atoms with Crippen LogP contribution in [0.3, 0.4) is 0 Å². The lowest BCUT2D eigenvalue weighted by Gasteiger charge is -2.21. The fraction of sp³-hybridized carbons (Fsp3) is 0.538. The number of halogens is 2. The minimum atomic E-state index is -0.627. The molecule has 0 saturated heterocycles. The first-order chi connectivity index (χ1) is 7.93. The predicted molar refractivity (Wildman–Crippen MR) is 80.1 cm³/mol. The van der Waals surface area contributed by atoms with Crippen molar-refractivity contribution < 1.29 is 10.2 Å². The second-order valence-corrected chi connectivity index (χ2v) is 5.60. The average Bonchev–Trinajstić information content (AvgIpc) is 2.28. The van der Waals surface area contributed by atoms with Gasteiger partial charge in [-0.15, -0.1) is 12.4 Å². The maximum Gasteiger partial charge on any atom is 0.134 e. The van der Waals surface area contributed by atoms with Crippen LogP contribution in [0.1, 0.15) is 38.3 Å². The van der Waals surface area contributed by atoms with Crippen LogP contribution in [0.4, 0.5) is 0 Å². The summed E-state index contributed by atoms with van der Waals surface area (Å²) in [4.78, 5) is 0. The number of nitrogens with two attached hydrogens (primary N) is 1. The van der Waals surface area contributed by atoms with Crippen LogP contribution in [0.5, 0.6) is 5.75 Å². The van der Waals surface area contributed by atoms with Crippen molar-refractivity contribution in [3.63, 3.8) is 0 Å². The zero-order valence-electron chi connectivity index (χ0n) is 10.6. The van der Waals surface area contributed by atoms with Crippen molar-refractivity contribution in [2.75, 3.05) is 0 Å². The lowest BCUT2D eigenvalue weighted by molar-refractivity contribution is 0.127. The second-order valence-electron chi connectivity index (χ2n) is 4.74. The van der Waals surface area contributed by atoms with Gasteiger partial charge in [0, 0.05) is 5.56 Å². The summed E-state index contributed by atoms with van der Waals surface area (Å²) in [5.41, 5.74) is 6.54. The molecule has 0 amide bonds. The monoisotopic (exact) mass is 337 g/mol. The van der Waals surface area contributed by atoms with Gasteiger partial charge in [0.2, 0.25) is 0 Å². The third kappa shape index (κ3) is 4.76. The molecule has 2 atom stereocenters. The molecule has 5 heteroatoms. The van der Waals surface area contributed by atoms with Gasteiger partial charge in [0.05, 0.1) is 16.6 Å². The van der Waals surface area contributed by atoms with Crippen molar-refractivity contribution in [1.82, 2.24) is 0 Å². The van der Waals surface area contributed by atoms with E-state index in [2.05, 4.69) is 29.8 Å². The number of para-hydroxylation sites is 1. The van der Waals surface area contributed by atoms with Crippen LogP contribution in [-0.2, 0) is 0 Å². The number of aliphatic hydroxyl groups excluding tert-OH is 1. The van der Waals surface area contributed by atoms with E-state index < -0.39 is 12.1 Å². The summed E-state index contributed by atoms with van der Waals surface area (Å²) in [7, 11) is 0. The molecule has 3 nitrogen and oxygen atoms in total. The standard InChI is InChI=1S/C13H20BrNO2.ClH/c1-8(2)6-7-11(16)12(15)9-4-3-5-10(14)13(9)17;/h3-5,8,11-12,16-17H,6-7,15H2,1-2H3;1H/t11-,12+;/m1./s1. The Bertz CT molecular complexity index is 374. The Morgan fingerprint density at radius 2 is 1.89 bits per heavy atom. The molecular formula is C13H21BrClNO2. The molecule has 18 heavy (non-hydrogen) atoms. The van der Waals surface area contributed by atoms with Crippen LogP contribution in [0.15, 0.2) is 22.7 Å². The van der Waals surface area contributed by atoms with E-state index in [-0.39, 0.29) is 18.2 Å². The van der Waals surface area contributed by atoms with Crippen LogP contribution < -0.4 is 5.73 Å². The summed E-state index contributed by atoms with van der Waals surface area (Å²) >= 11 is 3.24. The van der Waals surface area contributed by atoms with Gasteiger partial charge in [-0.1, -0.05) is 26.0 Å². The zero-order chi connectivity index (χ0) is 13.0. The van der Waals surface area contributed by atoms with Gasteiger partial charge in [0.1, 0.15) is 5.75 Å². The lowest BCUT2D eigenvalue weighted by Crippen LogP contribution is -2.26. The quantitative estimate of drug-likeness (QED) is 0.771. The summed E-state index contributed by atoms with van der Waals surface area (Å²) in [6, 6.07) is 4.73. The number of aromatic hydroxyl groups is 1. The van der Waals surface area contributed by atoms with E-state index in [4.69, 9.17) is 5.73 Å². The summed E-state index contributed by atoms with van der Waals surface area (Å²) in [6.45, 7) is 4.21. The molecule has 4 N–H and O–H groups in total. The number of hydrogen-bond donors (Lipinski definition) is 3. The Hall–Kier alpha value is -0.290. The van der Waals surface area contributed by atoms with Crippen molar-refractivity contribution in [3.8, 4) is 5.75 Å². The van der Waals surface area contributed by atoms with Crippen molar-refractivity contribution >= 4 is 28.3 Å². The third-order valence-corrected chi connectivity index (χ3v) is 3.47. The van der Waals surface area contributed by atoms with Crippen molar-refractivity contribution in [2.24, 2.45) is 11.7 Å². The molecule has 0 spiro atoms. The second kappa shape index (κ2) is 8.00. The number of phenolic OH excluding ortho intramolecular Hbond substituents is 1. The number of hydrogen-bond acceptors (Lipinski definition) is 3. The van der Waals surface area contributed by atoms with E-state index in [1.54, 1.807) is 18.2 Å². The Morgan fingerprint density at radius 1 is 1.28 bits per heavy atom. The molecule has 0 radical (unpaired) electrons. The highest BCUT2D eigenvalue weighted by Gasteiger charge is 2.20. The molecule has 0 aliphatic heterocycles. The van der Waals surface area contributed by atoms with Crippen molar-refractivity contribution in [1.29, 1.82) is 0 Å². The van der Waals surface area contributed by atoms with Crippen LogP contribution in [0.2, 0.25) is 0 Å². The Balaban J connectivity index is 0.00000289. The Morgan fingerprint density at radius 3 is 2.44 bits per heavy atom. The zero-order valence-corrected chi connectivity index (χ0v) is 13.0. The average molecular weight is 339 g/mol. The SMILES string of the molecule is CC(C)CC[C@@H](O)[C@@H](N)c1cccc(Br)c1O.Cl. The molecular weight excluding hydrogens is 318 g/mol. The maximum absolute atomic E-state index is 9.98. The van der Waals surface area contributed by atoms with Crippen LogP contribution in [0.25, 0.3) is 0 Å². The minimum absolute atomic E-state index is 0. The maximum atomic E-state index is 9.98. The van der Waals surface area contributed by atoms with Gasteiger partial charge < -0.3 is 15.9 Å². The smallest absolute Gasteiger partial charge is 0.134 e.